The molecule has 0 bridgehead atoms. The van der Waals surface area contributed by atoms with E-state index in [4.69, 9.17) is 9.47 Å². The van der Waals surface area contributed by atoms with Gasteiger partial charge in [-0.15, -0.1) is 0 Å². The number of ketones is 1. The van der Waals surface area contributed by atoms with Crippen molar-refractivity contribution in [1.82, 2.24) is 9.80 Å². The first kappa shape index (κ1) is 22.9. The van der Waals surface area contributed by atoms with E-state index in [1.807, 2.05) is 30.3 Å². The highest BCUT2D eigenvalue weighted by Crippen LogP contribution is 2.40. The van der Waals surface area contributed by atoms with E-state index in [0.717, 1.165) is 36.4 Å². The van der Waals surface area contributed by atoms with E-state index in [0.29, 0.717) is 31.0 Å². The molecule has 0 radical (unpaired) electrons. The third-order valence-corrected chi connectivity index (χ3v) is 6.46. The first-order chi connectivity index (χ1) is 16.0. The first-order valence-corrected chi connectivity index (χ1v) is 11.4. The quantitative estimate of drug-likeness (QED) is 0.377. The molecule has 7 nitrogen and oxygen atoms in total. The normalized spacial score (nSPS) is 19.2. The molecule has 0 aliphatic carbocycles. The average Bonchev–Trinajstić information content (AvgIpc) is 3.41. The molecule has 1 atom stereocenters. The summed E-state index contributed by atoms with van der Waals surface area (Å²) in [6.45, 7) is 7.44. The topological polar surface area (TPSA) is 79.3 Å². The van der Waals surface area contributed by atoms with E-state index in [9.17, 15) is 14.7 Å². The monoisotopic (exact) mass is 450 g/mol. The van der Waals surface area contributed by atoms with Crippen LogP contribution in [0, 0.1) is 0 Å². The maximum absolute atomic E-state index is 13.2. The number of fused-ring (bicyclic) bond motifs is 1. The van der Waals surface area contributed by atoms with Gasteiger partial charge < -0.3 is 24.4 Å². The van der Waals surface area contributed by atoms with Crippen molar-refractivity contribution in [2.45, 2.75) is 26.3 Å². The smallest absolute Gasteiger partial charge is 0.295 e. The molecule has 33 heavy (non-hydrogen) atoms. The van der Waals surface area contributed by atoms with Crippen LogP contribution in [-0.4, -0.2) is 66.5 Å². The SMILES string of the molecule is CCN(CC)CCN1C(=O)C(=O)/C(=C(\O)c2ccc3c(c2)CCO3)C1c1cccc(OC)c1. The van der Waals surface area contributed by atoms with Gasteiger partial charge >= 0.3 is 0 Å². The van der Waals surface area contributed by atoms with Gasteiger partial charge in [-0.05, 0) is 54.5 Å². The minimum absolute atomic E-state index is 0.103. The maximum Gasteiger partial charge on any atom is 0.295 e. The first-order valence-electron chi connectivity index (χ1n) is 11.4. The lowest BCUT2D eigenvalue weighted by atomic mass is 9.94. The summed E-state index contributed by atoms with van der Waals surface area (Å²) in [6.07, 6.45) is 0.744. The molecule has 0 saturated carbocycles. The Labute approximate surface area is 194 Å². The van der Waals surface area contributed by atoms with Gasteiger partial charge in [0.2, 0.25) is 0 Å². The van der Waals surface area contributed by atoms with Crippen molar-refractivity contribution < 1.29 is 24.2 Å². The van der Waals surface area contributed by atoms with Crippen LogP contribution in [0.1, 0.15) is 36.6 Å². The van der Waals surface area contributed by atoms with Crippen LogP contribution in [0.5, 0.6) is 11.5 Å². The number of likely N-dealkylation sites (tertiary alicyclic amines) is 1. The zero-order valence-corrected chi connectivity index (χ0v) is 19.3. The molecule has 4 rings (SSSR count). The number of likely N-dealkylation sites (N-methyl/N-ethyl adjacent to an activating group) is 1. The molecule has 1 unspecified atom stereocenters. The third-order valence-electron chi connectivity index (χ3n) is 6.46. The molecular weight excluding hydrogens is 420 g/mol. The predicted molar refractivity (Wildman–Crippen MR) is 125 cm³/mol. The number of aliphatic hydroxyl groups excluding tert-OH is 1. The van der Waals surface area contributed by atoms with E-state index < -0.39 is 17.7 Å². The number of hydrogen-bond donors (Lipinski definition) is 1. The van der Waals surface area contributed by atoms with Crippen LogP contribution in [-0.2, 0) is 16.0 Å². The largest absolute Gasteiger partial charge is 0.507 e. The van der Waals surface area contributed by atoms with Gasteiger partial charge in [0, 0.05) is 25.1 Å². The number of methoxy groups -OCH3 is 1. The number of hydrogen-bond acceptors (Lipinski definition) is 6. The second kappa shape index (κ2) is 9.67. The number of ether oxygens (including phenoxy) is 2. The molecule has 1 N–H and O–H groups in total. The Morgan fingerprint density at radius 3 is 2.70 bits per heavy atom. The van der Waals surface area contributed by atoms with E-state index >= 15 is 0 Å². The standard InChI is InChI=1S/C26H30N2O5/c1-4-27(5-2)12-13-28-23(18-7-6-8-20(16-18)32-3)22(25(30)26(28)31)24(29)19-9-10-21-17(15-19)11-14-33-21/h6-10,15-16,23,29H,4-5,11-14H2,1-3H3/b24-22-. The van der Waals surface area contributed by atoms with Crippen LogP contribution in [0.15, 0.2) is 48.0 Å². The summed E-state index contributed by atoms with van der Waals surface area (Å²) in [5, 5.41) is 11.3. The lowest BCUT2D eigenvalue weighted by Crippen LogP contribution is -2.38. The number of carbonyl (C=O) groups is 2. The summed E-state index contributed by atoms with van der Waals surface area (Å²) >= 11 is 0. The number of aliphatic hydroxyl groups is 1. The van der Waals surface area contributed by atoms with Crippen LogP contribution in [0.25, 0.3) is 5.76 Å². The molecule has 1 amide bonds. The molecule has 1 saturated heterocycles. The molecule has 2 aromatic carbocycles. The molecule has 1 fully saturated rings. The molecule has 2 aromatic rings. The Hall–Kier alpha value is -3.32. The molecule has 174 valence electrons. The van der Waals surface area contributed by atoms with Crippen LogP contribution in [0.3, 0.4) is 0 Å². The van der Waals surface area contributed by atoms with Gasteiger partial charge in [-0.2, -0.15) is 0 Å². The fourth-order valence-corrected chi connectivity index (χ4v) is 4.55. The molecule has 0 spiro atoms. The fraction of sp³-hybridized carbons (Fsp3) is 0.385. The van der Waals surface area contributed by atoms with Gasteiger partial charge in [0.1, 0.15) is 17.3 Å². The zero-order valence-electron chi connectivity index (χ0n) is 19.3. The number of rotatable bonds is 8. The van der Waals surface area contributed by atoms with Crippen molar-refractivity contribution in [2.75, 3.05) is 39.9 Å². The number of Topliss-reactive ketones (excluding diaryl/α,β-unsaturated/α-hetero) is 1. The second-order valence-corrected chi connectivity index (χ2v) is 8.22. The second-order valence-electron chi connectivity index (χ2n) is 8.22. The van der Waals surface area contributed by atoms with Crippen molar-refractivity contribution in [1.29, 1.82) is 0 Å². The van der Waals surface area contributed by atoms with Crippen LogP contribution in [0.4, 0.5) is 0 Å². The van der Waals surface area contributed by atoms with Crippen LogP contribution < -0.4 is 9.47 Å². The van der Waals surface area contributed by atoms with E-state index in [1.54, 1.807) is 24.1 Å². The molecular formula is C26H30N2O5. The van der Waals surface area contributed by atoms with E-state index in [1.165, 1.54) is 0 Å². The lowest BCUT2D eigenvalue weighted by Gasteiger charge is -2.28. The van der Waals surface area contributed by atoms with Crippen molar-refractivity contribution in [2.24, 2.45) is 0 Å². The molecule has 2 aliphatic rings. The van der Waals surface area contributed by atoms with Crippen molar-refractivity contribution in [3.8, 4) is 11.5 Å². The highest BCUT2D eigenvalue weighted by atomic mass is 16.5. The molecule has 7 heteroatoms. The number of amides is 1. The highest BCUT2D eigenvalue weighted by Gasteiger charge is 2.46. The fourth-order valence-electron chi connectivity index (χ4n) is 4.55. The molecule has 2 heterocycles. The number of carbonyl (C=O) groups excluding carboxylic acids is 2. The third kappa shape index (κ3) is 4.33. The maximum atomic E-state index is 13.2. The van der Waals surface area contributed by atoms with E-state index in [2.05, 4.69) is 18.7 Å². The molecule has 2 aliphatic heterocycles. The minimum Gasteiger partial charge on any atom is -0.507 e. The van der Waals surface area contributed by atoms with Crippen molar-refractivity contribution in [3.63, 3.8) is 0 Å². The summed E-state index contributed by atoms with van der Waals surface area (Å²) < 4.78 is 10.9. The summed E-state index contributed by atoms with van der Waals surface area (Å²) in [7, 11) is 1.57. The van der Waals surface area contributed by atoms with Gasteiger partial charge in [0.15, 0.2) is 0 Å². The Kier molecular flexibility index (Phi) is 6.70. The van der Waals surface area contributed by atoms with Gasteiger partial charge in [0.25, 0.3) is 11.7 Å². The summed E-state index contributed by atoms with van der Waals surface area (Å²) in [5.74, 6) is -0.0223. The summed E-state index contributed by atoms with van der Waals surface area (Å²) in [5.41, 5.74) is 2.31. The number of nitrogens with zero attached hydrogens (tertiary/aromatic N) is 2. The lowest BCUT2D eigenvalue weighted by molar-refractivity contribution is -0.140. The summed E-state index contributed by atoms with van der Waals surface area (Å²) in [6, 6.07) is 12.0. The van der Waals surface area contributed by atoms with Gasteiger partial charge in [-0.25, -0.2) is 0 Å². The van der Waals surface area contributed by atoms with Gasteiger partial charge in [0.05, 0.1) is 25.3 Å². The van der Waals surface area contributed by atoms with Gasteiger partial charge in [-0.3, -0.25) is 9.59 Å². The van der Waals surface area contributed by atoms with Crippen molar-refractivity contribution in [3.05, 3.63) is 64.7 Å². The Morgan fingerprint density at radius 1 is 1.18 bits per heavy atom. The van der Waals surface area contributed by atoms with E-state index in [-0.39, 0.29) is 11.3 Å². The van der Waals surface area contributed by atoms with Crippen molar-refractivity contribution >= 4 is 17.4 Å². The molecule has 0 aromatic heterocycles. The zero-order chi connectivity index (χ0) is 23.5. The highest BCUT2D eigenvalue weighted by molar-refractivity contribution is 6.46. The summed E-state index contributed by atoms with van der Waals surface area (Å²) in [4.78, 5) is 30.1. The Bertz CT molecular complexity index is 1090. The van der Waals surface area contributed by atoms with Crippen LogP contribution in [0.2, 0.25) is 0 Å². The predicted octanol–water partition coefficient (Wildman–Crippen LogP) is 3.39. The van der Waals surface area contributed by atoms with Gasteiger partial charge in [-0.1, -0.05) is 26.0 Å². The Morgan fingerprint density at radius 2 is 1.97 bits per heavy atom. The average molecular weight is 451 g/mol. The number of benzene rings is 2. The minimum atomic E-state index is -0.694. The Balaban J connectivity index is 1.80. The van der Waals surface area contributed by atoms with Crippen LogP contribution >= 0.6 is 0 Å².